The van der Waals surface area contributed by atoms with E-state index in [-0.39, 0.29) is 11.7 Å². The smallest absolute Gasteiger partial charge is 0.291 e. The Bertz CT molecular complexity index is 917. The standard InChI is InChI=1S/C19H15BrClNO2/c1-11-3-4-13(10-15(11)21)17-7-8-18(24-17)19(23)22-16-6-5-14(20)9-12(16)2/h3-10H,1-2H3,(H,22,23). The van der Waals surface area contributed by atoms with E-state index in [9.17, 15) is 4.79 Å². The molecule has 0 saturated carbocycles. The Morgan fingerprint density at radius 1 is 1.04 bits per heavy atom. The molecule has 122 valence electrons. The Morgan fingerprint density at radius 3 is 2.54 bits per heavy atom. The number of hydrogen-bond donors (Lipinski definition) is 1. The lowest BCUT2D eigenvalue weighted by molar-refractivity contribution is 0.0997. The fraction of sp³-hybridized carbons (Fsp3) is 0.105. The second-order valence-corrected chi connectivity index (χ2v) is 6.86. The number of anilines is 1. The molecule has 0 saturated heterocycles. The number of carbonyl (C=O) groups is 1. The van der Waals surface area contributed by atoms with Crippen LogP contribution in [0.3, 0.4) is 0 Å². The maximum atomic E-state index is 12.4. The van der Waals surface area contributed by atoms with E-state index in [1.807, 2.05) is 50.2 Å². The van der Waals surface area contributed by atoms with E-state index in [4.69, 9.17) is 16.0 Å². The van der Waals surface area contributed by atoms with Crippen LogP contribution in [0.25, 0.3) is 11.3 Å². The van der Waals surface area contributed by atoms with Gasteiger partial charge in [-0.25, -0.2) is 0 Å². The second-order valence-electron chi connectivity index (χ2n) is 5.54. The number of hydrogen-bond acceptors (Lipinski definition) is 2. The molecule has 3 rings (SSSR count). The number of nitrogens with one attached hydrogen (secondary N) is 1. The Hall–Kier alpha value is -2.04. The van der Waals surface area contributed by atoms with Crippen molar-refractivity contribution in [3.63, 3.8) is 0 Å². The molecule has 0 atom stereocenters. The van der Waals surface area contributed by atoms with E-state index in [0.29, 0.717) is 10.8 Å². The van der Waals surface area contributed by atoms with Crippen LogP contribution in [0, 0.1) is 13.8 Å². The molecule has 1 N–H and O–H groups in total. The zero-order valence-electron chi connectivity index (χ0n) is 13.2. The summed E-state index contributed by atoms with van der Waals surface area (Å²) in [6.45, 7) is 3.87. The number of rotatable bonds is 3. The van der Waals surface area contributed by atoms with E-state index >= 15 is 0 Å². The van der Waals surface area contributed by atoms with Crippen molar-refractivity contribution in [1.82, 2.24) is 0 Å². The molecule has 1 aromatic heterocycles. The van der Waals surface area contributed by atoms with Gasteiger partial charge in [0.25, 0.3) is 5.91 Å². The molecule has 3 aromatic rings. The van der Waals surface area contributed by atoms with Crippen molar-refractivity contribution in [2.45, 2.75) is 13.8 Å². The third-order valence-corrected chi connectivity index (χ3v) is 4.62. The quantitative estimate of drug-likeness (QED) is 0.562. The first kappa shape index (κ1) is 16.8. The van der Waals surface area contributed by atoms with Gasteiger partial charge in [0, 0.05) is 20.7 Å². The van der Waals surface area contributed by atoms with Gasteiger partial charge in [0.2, 0.25) is 0 Å². The molecule has 2 aromatic carbocycles. The highest BCUT2D eigenvalue weighted by Crippen LogP contribution is 2.27. The topological polar surface area (TPSA) is 42.2 Å². The SMILES string of the molecule is Cc1ccc(-c2ccc(C(=O)Nc3ccc(Br)cc3C)o2)cc1Cl. The van der Waals surface area contributed by atoms with Crippen molar-refractivity contribution in [2.24, 2.45) is 0 Å². The number of amides is 1. The van der Waals surface area contributed by atoms with E-state index < -0.39 is 0 Å². The fourth-order valence-corrected chi connectivity index (χ4v) is 2.97. The van der Waals surface area contributed by atoms with Crippen LogP contribution >= 0.6 is 27.5 Å². The summed E-state index contributed by atoms with van der Waals surface area (Å²) in [5.41, 5.74) is 3.55. The van der Waals surface area contributed by atoms with Crippen LogP contribution in [0.15, 0.2) is 57.4 Å². The predicted octanol–water partition coefficient (Wildman–Crippen LogP) is 6.23. The van der Waals surface area contributed by atoms with Gasteiger partial charge in [0.1, 0.15) is 5.76 Å². The monoisotopic (exact) mass is 403 g/mol. The number of aryl methyl sites for hydroxylation is 2. The summed E-state index contributed by atoms with van der Waals surface area (Å²) in [5.74, 6) is 0.573. The predicted molar refractivity (Wildman–Crippen MR) is 101 cm³/mol. The summed E-state index contributed by atoms with van der Waals surface area (Å²) < 4.78 is 6.65. The Morgan fingerprint density at radius 2 is 1.83 bits per heavy atom. The van der Waals surface area contributed by atoms with Crippen LogP contribution in [0.2, 0.25) is 5.02 Å². The molecule has 0 aliphatic rings. The van der Waals surface area contributed by atoms with Crippen LogP contribution in [0.4, 0.5) is 5.69 Å². The lowest BCUT2D eigenvalue weighted by atomic mass is 10.1. The van der Waals surface area contributed by atoms with Gasteiger partial charge in [0.15, 0.2) is 5.76 Å². The van der Waals surface area contributed by atoms with E-state index in [1.165, 1.54) is 0 Å². The average molecular weight is 405 g/mol. The van der Waals surface area contributed by atoms with Crippen molar-refractivity contribution in [3.8, 4) is 11.3 Å². The van der Waals surface area contributed by atoms with Crippen LogP contribution in [-0.2, 0) is 0 Å². The molecule has 0 fully saturated rings. The summed E-state index contributed by atoms with van der Waals surface area (Å²) in [7, 11) is 0. The van der Waals surface area contributed by atoms with Gasteiger partial charge in [-0.05, 0) is 61.4 Å². The minimum Gasteiger partial charge on any atom is -0.451 e. The van der Waals surface area contributed by atoms with Gasteiger partial charge < -0.3 is 9.73 Å². The zero-order valence-corrected chi connectivity index (χ0v) is 15.5. The van der Waals surface area contributed by atoms with Crippen molar-refractivity contribution in [2.75, 3.05) is 5.32 Å². The summed E-state index contributed by atoms with van der Waals surface area (Å²) in [4.78, 5) is 12.4. The van der Waals surface area contributed by atoms with Crippen LogP contribution in [0.5, 0.6) is 0 Å². The highest BCUT2D eigenvalue weighted by atomic mass is 79.9. The molecular weight excluding hydrogens is 390 g/mol. The molecular formula is C19H15BrClNO2. The van der Waals surface area contributed by atoms with Gasteiger partial charge in [-0.3, -0.25) is 4.79 Å². The Labute approximate surface area is 153 Å². The van der Waals surface area contributed by atoms with Crippen molar-refractivity contribution < 1.29 is 9.21 Å². The molecule has 1 amide bonds. The van der Waals surface area contributed by atoms with Crippen molar-refractivity contribution in [1.29, 1.82) is 0 Å². The first-order valence-corrected chi connectivity index (χ1v) is 8.55. The van der Waals surface area contributed by atoms with E-state index in [0.717, 1.165) is 26.9 Å². The molecule has 5 heteroatoms. The Balaban J connectivity index is 1.82. The lowest BCUT2D eigenvalue weighted by Gasteiger charge is -2.07. The average Bonchev–Trinajstić information content (AvgIpc) is 3.03. The minimum absolute atomic E-state index is 0.254. The number of halogens is 2. The zero-order chi connectivity index (χ0) is 17.3. The largest absolute Gasteiger partial charge is 0.451 e. The van der Waals surface area contributed by atoms with E-state index in [2.05, 4.69) is 21.2 Å². The highest BCUT2D eigenvalue weighted by Gasteiger charge is 2.14. The molecule has 0 unspecified atom stereocenters. The van der Waals surface area contributed by atoms with Gasteiger partial charge in [0.05, 0.1) is 0 Å². The van der Waals surface area contributed by atoms with Gasteiger partial charge >= 0.3 is 0 Å². The minimum atomic E-state index is -0.287. The summed E-state index contributed by atoms with van der Waals surface area (Å²) in [5, 5.41) is 3.53. The van der Waals surface area contributed by atoms with Crippen molar-refractivity contribution >= 4 is 39.1 Å². The normalized spacial score (nSPS) is 10.7. The molecule has 24 heavy (non-hydrogen) atoms. The third kappa shape index (κ3) is 3.55. The third-order valence-electron chi connectivity index (χ3n) is 3.72. The molecule has 0 radical (unpaired) electrons. The number of carbonyl (C=O) groups excluding carboxylic acids is 1. The lowest BCUT2D eigenvalue weighted by Crippen LogP contribution is -2.11. The molecule has 0 bridgehead atoms. The van der Waals surface area contributed by atoms with Crippen LogP contribution in [0.1, 0.15) is 21.7 Å². The summed E-state index contributed by atoms with van der Waals surface area (Å²) >= 11 is 9.55. The number of benzene rings is 2. The first-order chi connectivity index (χ1) is 11.4. The second kappa shape index (κ2) is 6.83. The van der Waals surface area contributed by atoms with Crippen molar-refractivity contribution in [3.05, 3.63) is 74.9 Å². The molecule has 0 aliphatic carbocycles. The Kier molecular flexibility index (Phi) is 4.78. The molecule has 0 aliphatic heterocycles. The summed E-state index contributed by atoms with van der Waals surface area (Å²) in [6.07, 6.45) is 0. The first-order valence-electron chi connectivity index (χ1n) is 7.38. The maximum Gasteiger partial charge on any atom is 0.291 e. The molecule has 3 nitrogen and oxygen atoms in total. The van der Waals surface area contributed by atoms with E-state index in [1.54, 1.807) is 12.1 Å². The van der Waals surface area contributed by atoms with Gasteiger partial charge in [-0.2, -0.15) is 0 Å². The summed E-state index contributed by atoms with van der Waals surface area (Å²) in [6, 6.07) is 14.8. The maximum absolute atomic E-state index is 12.4. The fourth-order valence-electron chi connectivity index (χ4n) is 2.31. The molecule has 1 heterocycles. The highest BCUT2D eigenvalue weighted by molar-refractivity contribution is 9.10. The molecule has 0 spiro atoms. The van der Waals surface area contributed by atoms with Crippen LogP contribution < -0.4 is 5.32 Å². The van der Waals surface area contributed by atoms with Gasteiger partial charge in [-0.15, -0.1) is 0 Å². The number of furan rings is 1. The van der Waals surface area contributed by atoms with Crippen LogP contribution in [-0.4, -0.2) is 5.91 Å². The van der Waals surface area contributed by atoms with Gasteiger partial charge in [-0.1, -0.05) is 39.7 Å².